The van der Waals surface area contributed by atoms with Crippen LogP contribution in [-0.4, -0.2) is 34.2 Å². The van der Waals surface area contributed by atoms with Crippen molar-refractivity contribution in [1.29, 1.82) is 0 Å². The van der Waals surface area contributed by atoms with E-state index in [1.807, 2.05) is 13.8 Å². The summed E-state index contributed by atoms with van der Waals surface area (Å²) in [4.78, 5) is 0.186. The molecule has 0 aliphatic carbocycles. The van der Waals surface area contributed by atoms with Crippen LogP contribution < -0.4 is 15.8 Å². The number of rotatable bonds is 7. The first kappa shape index (κ1) is 16.7. The van der Waals surface area contributed by atoms with Crippen LogP contribution in [0.3, 0.4) is 0 Å². The summed E-state index contributed by atoms with van der Waals surface area (Å²) in [6.07, 6.45) is 0. The molecule has 0 atom stereocenters. The highest BCUT2D eigenvalue weighted by Gasteiger charge is 2.18. The molecule has 0 aromatic heterocycles. The Labute approximate surface area is 120 Å². The number of methoxy groups -OCH3 is 1. The van der Waals surface area contributed by atoms with E-state index in [0.717, 1.165) is 0 Å². The van der Waals surface area contributed by atoms with Gasteiger partial charge in [-0.15, -0.1) is 0 Å². The van der Waals surface area contributed by atoms with Crippen LogP contribution in [0.2, 0.25) is 0 Å². The number of ether oxygens (including phenoxy) is 1. The summed E-state index contributed by atoms with van der Waals surface area (Å²) in [6, 6.07) is 4.59. The molecule has 1 rings (SSSR count). The van der Waals surface area contributed by atoms with Gasteiger partial charge in [0.2, 0.25) is 10.0 Å². The van der Waals surface area contributed by atoms with Gasteiger partial charge in [-0.25, -0.2) is 13.1 Å². The number of nitrogen functional groups attached to an aromatic ring is 1. The molecule has 0 bridgehead atoms. The second-order valence-electron chi connectivity index (χ2n) is 5.07. The van der Waals surface area contributed by atoms with Gasteiger partial charge in [0.1, 0.15) is 0 Å². The molecule has 0 spiro atoms. The maximum absolute atomic E-state index is 11.9. The first-order valence-corrected chi connectivity index (χ1v) is 7.88. The second-order valence-corrected chi connectivity index (χ2v) is 6.83. The molecule has 0 unspecified atom stereocenters. The topological polar surface area (TPSA) is 93.5 Å². The first-order valence-electron chi connectivity index (χ1n) is 6.40. The number of benzene rings is 1. The average molecular weight is 301 g/mol. The molecule has 1 aromatic carbocycles. The molecule has 7 heteroatoms. The maximum atomic E-state index is 11.9. The molecule has 0 heterocycles. The minimum absolute atomic E-state index is 0.186. The zero-order valence-corrected chi connectivity index (χ0v) is 13.2. The summed E-state index contributed by atoms with van der Waals surface area (Å²) < 4.78 is 31.6. The first-order chi connectivity index (χ1) is 9.22. The highest BCUT2D eigenvalue weighted by molar-refractivity contribution is 7.89. The van der Waals surface area contributed by atoms with E-state index in [4.69, 9.17) is 10.5 Å². The smallest absolute Gasteiger partial charge is 0.240 e. The second kappa shape index (κ2) is 6.43. The average Bonchev–Trinajstić information content (AvgIpc) is 2.37. The van der Waals surface area contributed by atoms with Gasteiger partial charge in [-0.05, 0) is 32.0 Å². The molecule has 114 valence electrons. The van der Waals surface area contributed by atoms with Crippen LogP contribution in [-0.2, 0) is 14.8 Å². The van der Waals surface area contributed by atoms with E-state index in [9.17, 15) is 8.42 Å². The highest BCUT2D eigenvalue weighted by atomic mass is 32.2. The van der Waals surface area contributed by atoms with E-state index in [2.05, 4.69) is 10.0 Å². The minimum Gasteiger partial charge on any atom is -0.397 e. The monoisotopic (exact) mass is 301 g/mol. The Morgan fingerprint density at radius 1 is 1.35 bits per heavy atom. The lowest BCUT2D eigenvalue weighted by Gasteiger charge is -2.24. The van der Waals surface area contributed by atoms with E-state index >= 15 is 0 Å². The maximum Gasteiger partial charge on any atom is 0.240 e. The van der Waals surface area contributed by atoms with Crippen molar-refractivity contribution in [3.8, 4) is 0 Å². The lowest BCUT2D eigenvalue weighted by atomic mass is 10.1. The molecular formula is C13H23N3O3S. The summed E-state index contributed by atoms with van der Waals surface area (Å²) in [6.45, 7) is 6.44. The molecule has 0 fully saturated rings. The third-order valence-corrected chi connectivity index (χ3v) is 4.47. The van der Waals surface area contributed by atoms with Crippen molar-refractivity contribution in [1.82, 2.24) is 4.72 Å². The third-order valence-electron chi connectivity index (χ3n) is 2.93. The Kier molecular flexibility index (Phi) is 5.38. The van der Waals surface area contributed by atoms with Crippen molar-refractivity contribution >= 4 is 21.4 Å². The summed E-state index contributed by atoms with van der Waals surface area (Å²) in [5, 5.41) is 3.12. The van der Waals surface area contributed by atoms with Crippen LogP contribution in [0.25, 0.3) is 0 Å². The van der Waals surface area contributed by atoms with Gasteiger partial charge in [0.15, 0.2) is 0 Å². The summed E-state index contributed by atoms with van der Waals surface area (Å²) in [5.41, 5.74) is 6.56. The van der Waals surface area contributed by atoms with Crippen LogP contribution in [0.1, 0.15) is 20.8 Å². The van der Waals surface area contributed by atoms with Crippen molar-refractivity contribution in [2.24, 2.45) is 0 Å². The number of nitrogens with one attached hydrogen (secondary N) is 2. The van der Waals surface area contributed by atoms with Gasteiger partial charge in [-0.1, -0.05) is 6.92 Å². The normalized spacial score (nSPS) is 12.4. The van der Waals surface area contributed by atoms with E-state index < -0.39 is 10.0 Å². The van der Waals surface area contributed by atoms with Gasteiger partial charge >= 0.3 is 0 Å². The Balaban J connectivity index is 2.98. The predicted molar refractivity (Wildman–Crippen MR) is 81.3 cm³/mol. The van der Waals surface area contributed by atoms with Gasteiger partial charge in [-0.3, -0.25) is 0 Å². The summed E-state index contributed by atoms with van der Waals surface area (Å²) in [7, 11) is -1.86. The molecule has 0 aliphatic heterocycles. The van der Waals surface area contributed by atoms with E-state index in [-0.39, 0.29) is 10.5 Å². The molecule has 6 nitrogen and oxygen atoms in total. The number of sulfonamides is 1. The summed E-state index contributed by atoms with van der Waals surface area (Å²) >= 11 is 0. The molecule has 0 saturated heterocycles. The van der Waals surface area contributed by atoms with Crippen molar-refractivity contribution in [3.05, 3.63) is 18.2 Å². The molecule has 4 N–H and O–H groups in total. The fourth-order valence-electron chi connectivity index (χ4n) is 1.51. The fraction of sp³-hybridized carbons (Fsp3) is 0.538. The predicted octanol–water partition coefficient (Wildman–Crippen LogP) is 1.40. The molecule has 0 saturated carbocycles. The van der Waals surface area contributed by atoms with Crippen molar-refractivity contribution in [2.45, 2.75) is 31.3 Å². The van der Waals surface area contributed by atoms with Crippen molar-refractivity contribution in [2.75, 3.05) is 31.2 Å². The number of anilines is 2. The molecular weight excluding hydrogens is 278 g/mol. The lowest BCUT2D eigenvalue weighted by molar-refractivity contribution is 0.0344. The molecule has 1 aromatic rings. The van der Waals surface area contributed by atoms with Gasteiger partial charge < -0.3 is 15.8 Å². The minimum atomic E-state index is -3.49. The number of hydrogen-bond acceptors (Lipinski definition) is 5. The lowest BCUT2D eigenvalue weighted by Crippen LogP contribution is -2.32. The van der Waals surface area contributed by atoms with E-state index in [1.165, 1.54) is 12.1 Å². The van der Waals surface area contributed by atoms with Crippen LogP contribution in [0, 0.1) is 0 Å². The standard InChI is InChI=1S/C13H23N3O3S/c1-5-16-20(17,18)10-6-7-11(14)12(8-10)15-9-13(2,3)19-4/h6-8,15-16H,5,9,14H2,1-4H3. The molecule has 0 radical (unpaired) electrons. The zero-order chi connectivity index (χ0) is 15.4. The zero-order valence-electron chi connectivity index (χ0n) is 12.4. The van der Waals surface area contributed by atoms with Crippen LogP contribution >= 0.6 is 0 Å². The van der Waals surface area contributed by atoms with E-state index in [0.29, 0.717) is 24.5 Å². The third kappa shape index (κ3) is 4.36. The van der Waals surface area contributed by atoms with Crippen molar-refractivity contribution in [3.63, 3.8) is 0 Å². The Morgan fingerprint density at radius 2 is 2.00 bits per heavy atom. The van der Waals surface area contributed by atoms with E-state index in [1.54, 1.807) is 20.1 Å². The number of hydrogen-bond donors (Lipinski definition) is 3. The Bertz CT molecular complexity index is 556. The molecule has 20 heavy (non-hydrogen) atoms. The Hall–Kier alpha value is -1.31. The molecule has 0 aliphatic rings. The quantitative estimate of drug-likeness (QED) is 0.662. The van der Waals surface area contributed by atoms with Crippen molar-refractivity contribution < 1.29 is 13.2 Å². The molecule has 0 amide bonds. The largest absolute Gasteiger partial charge is 0.397 e. The van der Waals surface area contributed by atoms with Gasteiger partial charge in [0.05, 0.1) is 21.9 Å². The van der Waals surface area contributed by atoms with Gasteiger partial charge in [0.25, 0.3) is 0 Å². The van der Waals surface area contributed by atoms with Crippen LogP contribution in [0.15, 0.2) is 23.1 Å². The Morgan fingerprint density at radius 3 is 2.55 bits per heavy atom. The SMILES string of the molecule is CCNS(=O)(=O)c1ccc(N)c(NCC(C)(C)OC)c1. The fourth-order valence-corrected chi connectivity index (χ4v) is 2.58. The number of nitrogens with two attached hydrogens (primary N) is 1. The summed E-state index contributed by atoms with van der Waals surface area (Å²) in [5.74, 6) is 0. The van der Waals surface area contributed by atoms with Gasteiger partial charge in [-0.2, -0.15) is 0 Å². The van der Waals surface area contributed by atoms with Crippen LogP contribution in [0.5, 0.6) is 0 Å². The highest BCUT2D eigenvalue weighted by Crippen LogP contribution is 2.23. The van der Waals surface area contributed by atoms with Gasteiger partial charge in [0, 0.05) is 20.2 Å². The van der Waals surface area contributed by atoms with Crippen LogP contribution in [0.4, 0.5) is 11.4 Å².